The van der Waals surface area contributed by atoms with Gasteiger partial charge in [-0.05, 0) is 6.92 Å². The smallest absolute Gasteiger partial charge is 0.350 e. The Bertz CT molecular complexity index is 277. The molecule has 0 aromatic heterocycles. The summed E-state index contributed by atoms with van der Waals surface area (Å²) in [7, 11) is -4.48. The quantitative estimate of drug-likeness (QED) is 0.517. The van der Waals surface area contributed by atoms with E-state index in [2.05, 4.69) is 6.58 Å². The molecule has 0 aliphatic heterocycles. The Morgan fingerprint density at radius 3 is 2.57 bits per heavy atom. The van der Waals surface area contributed by atoms with Crippen LogP contribution in [0, 0.1) is 0 Å². The highest BCUT2D eigenvalue weighted by atomic mass is 32.2. The molecule has 0 unspecified atom stereocenters. The lowest BCUT2D eigenvalue weighted by atomic mass is 10.4. The molecule has 0 heterocycles. The van der Waals surface area contributed by atoms with Crippen LogP contribution in [0.15, 0.2) is 12.2 Å². The van der Waals surface area contributed by atoms with E-state index in [-0.39, 0.29) is 19.8 Å². The topological polar surface area (TPSA) is 55.4 Å². The molecule has 0 aromatic rings. The second-order valence-electron chi connectivity index (χ2n) is 2.71. The Kier molecular flexibility index (Phi) is 5.82. The van der Waals surface area contributed by atoms with Crippen LogP contribution in [0.1, 0.15) is 6.92 Å². The van der Waals surface area contributed by atoms with Crippen molar-refractivity contribution in [1.29, 1.82) is 0 Å². The maximum Gasteiger partial charge on any atom is 0.350 e. The van der Waals surface area contributed by atoms with E-state index in [1.807, 2.05) is 0 Å². The minimum atomic E-state index is -4.48. The normalized spacial score (nSPS) is 12.0. The van der Waals surface area contributed by atoms with Gasteiger partial charge in [0.15, 0.2) is 0 Å². The van der Waals surface area contributed by atoms with E-state index in [1.165, 1.54) is 0 Å². The third-order valence-electron chi connectivity index (χ3n) is 1.13. The first-order chi connectivity index (χ1) is 6.36. The number of rotatable bonds is 7. The van der Waals surface area contributed by atoms with Crippen molar-refractivity contribution in [3.05, 3.63) is 12.2 Å². The zero-order valence-electron chi connectivity index (χ0n) is 7.79. The fourth-order valence-corrected chi connectivity index (χ4v) is 1.06. The summed E-state index contributed by atoms with van der Waals surface area (Å²) < 4.78 is 51.1. The fraction of sp³-hybridized carbons (Fsp3) is 0.714. The van der Waals surface area contributed by atoms with E-state index < -0.39 is 15.8 Å². The molecule has 0 aliphatic rings. The average Bonchev–Trinajstić information content (AvgIpc) is 2.02. The maximum absolute atomic E-state index is 11.7. The van der Waals surface area contributed by atoms with E-state index in [0.29, 0.717) is 0 Å². The molecule has 4 nitrogen and oxygen atoms in total. The van der Waals surface area contributed by atoms with Gasteiger partial charge < -0.3 is 4.74 Å². The van der Waals surface area contributed by atoms with E-state index >= 15 is 0 Å². The number of sulfonamides is 1. The van der Waals surface area contributed by atoms with Crippen molar-refractivity contribution in [2.75, 3.05) is 19.8 Å². The number of nitrogens with one attached hydrogen (secondary N) is 1. The van der Waals surface area contributed by atoms with Gasteiger partial charge in [0, 0.05) is 6.54 Å². The van der Waals surface area contributed by atoms with Crippen molar-refractivity contribution in [2.45, 2.75) is 12.7 Å². The third kappa shape index (κ3) is 6.01. The minimum Gasteiger partial charge on any atom is -0.376 e. The van der Waals surface area contributed by atoms with Gasteiger partial charge in [-0.2, -0.15) is 8.78 Å². The molecule has 0 spiro atoms. The van der Waals surface area contributed by atoms with E-state index in [4.69, 9.17) is 4.74 Å². The van der Waals surface area contributed by atoms with Gasteiger partial charge in [-0.3, -0.25) is 0 Å². The highest BCUT2D eigenvalue weighted by molar-refractivity contribution is 7.89. The number of ether oxygens (including phenoxy) is 1. The molecule has 0 saturated heterocycles. The average molecular weight is 229 g/mol. The molecular formula is C7H13F2NO3S. The molecule has 0 radical (unpaired) electrons. The molecule has 0 rings (SSSR count). The van der Waals surface area contributed by atoms with E-state index in [1.54, 1.807) is 11.6 Å². The number of hydrogen-bond donors (Lipinski definition) is 1. The predicted octanol–water partition coefficient (Wildman–Crippen LogP) is 0.721. The molecule has 0 fully saturated rings. The summed E-state index contributed by atoms with van der Waals surface area (Å²) in [6.07, 6.45) is 0. The molecule has 0 aliphatic carbocycles. The van der Waals surface area contributed by atoms with Crippen molar-refractivity contribution in [3.63, 3.8) is 0 Å². The number of alkyl halides is 2. The predicted molar refractivity (Wildman–Crippen MR) is 48.6 cm³/mol. The van der Waals surface area contributed by atoms with Gasteiger partial charge in [-0.25, -0.2) is 13.1 Å². The zero-order chi connectivity index (χ0) is 11.2. The molecule has 7 heteroatoms. The highest BCUT2D eigenvalue weighted by Gasteiger charge is 2.22. The van der Waals surface area contributed by atoms with Crippen molar-refractivity contribution in [3.8, 4) is 0 Å². The number of hydrogen-bond acceptors (Lipinski definition) is 3. The molecule has 0 bridgehead atoms. The second kappa shape index (κ2) is 6.05. The van der Waals surface area contributed by atoms with Crippen LogP contribution in [0.5, 0.6) is 0 Å². The van der Waals surface area contributed by atoms with Crippen LogP contribution in [0.3, 0.4) is 0 Å². The summed E-state index contributed by atoms with van der Waals surface area (Å²) in [6.45, 7) is 5.45. The summed E-state index contributed by atoms with van der Waals surface area (Å²) in [4.78, 5) is 0. The van der Waals surface area contributed by atoms with Crippen LogP contribution >= 0.6 is 0 Å². The Hall–Kier alpha value is -0.530. The Balaban J connectivity index is 3.60. The molecule has 1 N–H and O–H groups in total. The Morgan fingerprint density at radius 2 is 2.14 bits per heavy atom. The standard InChI is InChI=1S/C7H13F2NO3S/c1-6(2)5-13-4-3-10-14(11,12)7(8)9/h7,10H,1,3-5H2,2H3. The summed E-state index contributed by atoms with van der Waals surface area (Å²) in [5.74, 6) is -3.40. The Morgan fingerprint density at radius 1 is 1.57 bits per heavy atom. The van der Waals surface area contributed by atoms with Crippen molar-refractivity contribution in [1.82, 2.24) is 4.72 Å². The monoisotopic (exact) mass is 229 g/mol. The highest BCUT2D eigenvalue weighted by Crippen LogP contribution is 2.00. The summed E-state index contributed by atoms with van der Waals surface area (Å²) in [5.41, 5.74) is 0.779. The first kappa shape index (κ1) is 13.5. The summed E-state index contributed by atoms with van der Waals surface area (Å²) in [5, 5.41) is 0. The SMILES string of the molecule is C=C(C)COCCNS(=O)(=O)C(F)F. The molecule has 0 atom stereocenters. The van der Waals surface area contributed by atoms with Gasteiger partial charge >= 0.3 is 5.76 Å². The first-order valence-corrected chi connectivity index (χ1v) is 5.39. The Labute approximate surface area is 82.0 Å². The van der Waals surface area contributed by atoms with Gasteiger partial charge in [0.1, 0.15) is 0 Å². The molecule has 0 saturated carbocycles. The summed E-state index contributed by atoms with van der Waals surface area (Å²) in [6, 6.07) is 0. The lowest BCUT2D eigenvalue weighted by molar-refractivity contribution is 0.161. The van der Waals surface area contributed by atoms with Crippen LogP contribution in [0.4, 0.5) is 8.78 Å². The lowest BCUT2D eigenvalue weighted by Gasteiger charge is -2.06. The fourth-order valence-electron chi connectivity index (χ4n) is 0.565. The lowest BCUT2D eigenvalue weighted by Crippen LogP contribution is -2.32. The van der Waals surface area contributed by atoms with Gasteiger partial charge in [-0.1, -0.05) is 12.2 Å². The van der Waals surface area contributed by atoms with Gasteiger partial charge in [0.05, 0.1) is 13.2 Å². The van der Waals surface area contributed by atoms with Crippen LogP contribution in [-0.4, -0.2) is 33.9 Å². The molecule has 0 aromatic carbocycles. The van der Waals surface area contributed by atoms with Crippen LogP contribution in [0.2, 0.25) is 0 Å². The van der Waals surface area contributed by atoms with E-state index in [0.717, 1.165) is 5.57 Å². The van der Waals surface area contributed by atoms with Gasteiger partial charge in [0.25, 0.3) is 10.0 Å². The van der Waals surface area contributed by atoms with Gasteiger partial charge in [-0.15, -0.1) is 0 Å². The molecular weight excluding hydrogens is 216 g/mol. The number of halogens is 2. The van der Waals surface area contributed by atoms with Gasteiger partial charge in [0.2, 0.25) is 0 Å². The molecule has 84 valence electrons. The summed E-state index contributed by atoms with van der Waals surface area (Å²) >= 11 is 0. The van der Waals surface area contributed by atoms with E-state index in [9.17, 15) is 17.2 Å². The van der Waals surface area contributed by atoms with Crippen molar-refractivity contribution < 1.29 is 21.9 Å². The molecule has 14 heavy (non-hydrogen) atoms. The molecule has 0 amide bonds. The van der Waals surface area contributed by atoms with Crippen LogP contribution in [0.25, 0.3) is 0 Å². The first-order valence-electron chi connectivity index (χ1n) is 3.85. The van der Waals surface area contributed by atoms with Crippen LogP contribution < -0.4 is 4.72 Å². The third-order valence-corrected chi connectivity index (χ3v) is 2.21. The minimum absolute atomic E-state index is 0.0405. The van der Waals surface area contributed by atoms with Crippen molar-refractivity contribution in [2.24, 2.45) is 0 Å². The largest absolute Gasteiger partial charge is 0.376 e. The van der Waals surface area contributed by atoms with Crippen LogP contribution in [-0.2, 0) is 14.8 Å². The maximum atomic E-state index is 11.7. The van der Waals surface area contributed by atoms with Crippen molar-refractivity contribution >= 4 is 10.0 Å². The zero-order valence-corrected chi connectivity index (χ0v) is 8.61. The second-order valence-corrected chi connectivity index (χ2v) is 4.44.